The van der Waals surface area contributed by atoms with E-state index in [-0.39, 0.29) is 0 Å². The van der Waals surface area contributed by atoms with Crippen molar-refractivity contribution in [3.05, 3.63) is 76.5 Å². The van der Waals surface area contributed by atoms with E-state index in [2.05, 4.69) is 33.4 Å². The zero-order valence-electron chi connectivity index (χ0n) is 13.0. The molecule has 0 aliphatic heterocycles. The van der Waals surface area contributed by atoms with Crippen molar-refractivity contribution in [1.82, 2.24) is 0 Å². The van der Waals surface area contributed by atoms with Gasteiger partial charge in [-0.15, -0.1) is 0 Å². The second kappa shape index (κ2) is 7.49. The summed E-state index contributed by atoms with van der Waals surface area (Å²) < 4.78 is 12.2. The van der Waals surface area contributed by atoms with E-state index in [0.717, 1.165) is 40.4 Å². The molecule has 0 spiro atoms. The van der Waals surface area contributed by atoms with E-state index in [1.807, 2.05) is 48.5 Å². The normalized spacial score (nSPS) is 10.7. The van der Waals surface area contributed by atoms with Gasteiger partial charge in [-0.2, -0.15) is 0 Å². The fourth-order valence-corrected chi connectivity index (χ4v) is 2.66. The molecule has 0 aliphatic rings. The van der Waals surface area contributed by atoms with E-state index in [9.17, 15) is 0 Å². The van der Waals surface area contributed by atoms with Crippen LogP contribution >= 0.6 is 15.9 Å². The summed E-state index contributed by atoms with van der Waals surface area (Å²) in [5.41, 5.74) is 2.36. The predicted molar refractivity (Wildman–Crippen MR) is 94.2 cm³/mol. The number of methoxy groups -OCH3 is 1. The second-order valence-electron chi connectivity index (χ2n) is 5.32. The Morgan fingerprint density at radius 3 is 2.35 bits per heavy atom. The number of rotatable bonds is 6. The van der Waals surface area contributed by atoms with Gasteiger partial charge >= 0.3 is 0 Å². The molecule has 0 fully saturated rings. The van der Waals surface area contributed by atoms with Gasteiger partial charge in [-0.1, -0.05) is 28.1 Å². The van der Waals surface area contributed by atoms with Crippen LogP contribution in [-0.4, -0.2) is 7.11 Å². The third-order valence-electron chi connectivity index (χ3n) is 3.68. The number of hydrogen-bond donors (Lipinski definition) is 1. The summed E-state index contributed by atoms with van der Waals surface area (Å²) in [6, 6.07) is 20.4. The van der Waals surface area contributed by atoms with Crippen LogP contribution in [0.15, 0.2) is 69.6 Å². The molecule has 0 atom stereocenters. The lowest BCUT2D eigenvalue weighted by Crippen LogP contribution is -2.80. The van der Waals surface area contributed by atoms with Gasteiger partial charge in [0.05, 0.1) is 7.11 Å². The van der Waals surface area contributed by atoms with E-state index < -0.39 is 0 Å². The van der Waals surface area contributed by atoms with Crippen molar-refractivity contribution in [1.29, 1.82) is 0 Å². The van der Waals surface area contributed by atoms with Crippen molar-refractivity contribution in [2.24, 2.45) is 0 Å². The highest BCUT2D eigenvalue weighted by atomic mass is 79.9. The van der Waals surface area contributed by atoms with E-state index in [4.69, 9.17) is 9.15 Å². The van der Waals surface area contributed by atoms with Crippen LogP contribution in [0, 0.1) is 0 Å². The number of quaternary nitrogens is 1. The third-order valence-corrected chi connectivity index (χ3v) is 4.20. The number of furan rings is 1. The Morgan fingerprint density at radius 1 is 0.913 bits per heavy atom. The first-order valence-electron chi connectivity index (χ1n) is 7.54. The Bertz CT molecular complexity index is 748. The summed E-state index contributed by atoms with van der Waals surface area (Å²) in [7, 11) is 1.68. The molecule has 2 aromatic carbocycles. The molecular weight excluding hydrogens is 354 g/mol. The highest BCUT2D eigenvalue weighted by molar-refractivity contribution is 9.10. The van der Waals surface area contributed by atoms with Gasteiger partial charge in [-0.05, 0) is 48.5 Å². The van der Waals surface area contributed by atoms with Crippen LogP contribution < -0.4 is 10.1 Å². The first-order valence-corrected chi connectivity index (χ1v) is 8.33. The largest absolute Gasteiger partial charge is 0.497 e. The van der Waals surface area contributed by atoms with Crippen molar-refractivity contribution >= 4 is 15.9 Å². The van der Waals surface area contributed by atoms with E-state index in [0.29, 0.717) is 0 Å². The summed E-state index contributed by atoms with van der Waals surface area (Å²) in [6.07, 6.45) is 0. The van der Waals surface area contributed by atoms with Crippen LogP contribution in [0.2, 0.25) is 0 Å². The van der Waals surface area contributed by atoms with Crippen LogP contribution in [0.1, 0.15) is 11.3 Å². The van der Waals surface area contributed by atoms with Crippen molar-refractivity contribution in [3.8, 4) is 17.1 Å². The Labute approximate surface area is 144 Å². The number of benzene rings is 2. The van der Waals surface area contributed by atoms with Gasteiger partial charge in [0.2, 0.25) is 0 Å². The Kier molecular flexibility index (Phi) is 5.16. The first kappa shape index (κ1) is 15.8. The maximum absolute atomic E-state index is 5.92. The molecule has 3 rings (SSSR count). The molecule has 118 valence electrons. The molecule has 0 saturated heterocycles. The smallest absolute Gasteiger partial charge is 0.158 e. The summed E-state index contributed by atoms with van der Waals surface area (Å²) in [4.78, 5) is 0. The van der Waals surface area contributed by atoms with Gasteiger partial charge in [-0.25, -0.2) is 0 Å². The lowest BCUT2D eigenvalue weighted by molar-refractivity contribution is -0.687. The summed E-state index contributed by atoms with van der Waals surface area (Å²) >= 11 is 3.45. The quantitative estimate of drug-likeness (QED) is 0.710. The maximum atomic E-state index is 5.92. The molecular formula is C19H19BrNO2+. The number of halogens is 1. The molecule has 4 heteroatoms. The van der Waals surface area contributed by atoms with Crippen LogP contribution in [0.25, 0.3) is 11.3 Å². The zero-order chi connectivity index (χ0) is 16.1. The Morgan fingerprint density at radius 2 is 1.65 bits per heavy atom. The highest BCUT2D eigenvalue weighted by Gasteiger charge is 2.06. The SMILES string of the molecule is COc1ccc(C[NH2+]Cc2ccc(-c3ccc(Br)cc3)o2)cc1. The molecule has 3 nitrogen and oxygen atoms in total. The van der Waals surface area contributed by atoms with Crippen molar-refractivity contribution in [2.75, 3.05) is 7.11 Å². The monoisotopic (exact) mass is 372 g/mol. The average Bonchev–Trinajstić information content (AvgIpc) is 3.05. The van der Waals surface area contributed by atoms with Crippen LogP contribution in [0.4, 0.5) is 0 Å². The molecule has 0 radical (unpaired) electrons. The molecule has 1 aromatic heterocycles. The van der Waals surface area contributed by atoms with Crippen molar-refractivity contribution in [3.63, 3.8) is 0 Å². The van der Waals surface area contributed by atoms with Crippen molar-refractivity contribution < 1.29 is 14.5 Å². The van der Waals surface area contributed by atoms with E-state index >= 15 is 0 Å². The summed E-state index contributed by atoms with van der Waals surface area (Å²) in [5, 5.41) is 2.23. The second-order valence-corrected chi connectivity index (χ2v) is 6.23. The Balaban J connectivity index is 1.55. The fourth-order valence-electron chi connectivity index (χ4n) is 2.40. The molecule has 1 heterocycles. The van der Waals surface area contributed by atoms with Crippen LogP contribution in [0.3, 0.4) is 0 Å². The van der Waals surface area contributed by atoms with Gasteiger partial charge in [0.1, 0.15) is 24.6 Å². The highest BCUT2D eigenvalue weighted by Crippen LogP contribution is 2.23. The minimum Gasteiger partial charge on any atom is -0.497 e. The van der Waals surface area contributed by atoms with Crippen LogP contribution in [0.5, 0.6) is 5.75 Å². The lowest BCUT2D eigenvalue weighted by Gasteiger charge is -2.02. The standard InChI is InChI=1S/C19H18BrNO2/c1-22-17-8-2-14(3-9-17)12-21-13-18-10-11-19(23-18)15-4-6-16(20)7-5-15/h2-11,21H,12-13H2,1H3/p+1. The molecule has 0 saturated carbocycles. The molecule has 3 aromatic rings. The molecule has 0 amide bonds. The molecule has 2 N–H and O–H groups in total. The van der Waals surface area contributed by atoms with Gasteiger partial charge in [0.15, 0.2) is 5.76 Å². The van der Waals surface area contributed by atoms with Gasteiger partial charge < -0.3 is 14.5 Å². The average molecular weight is 373 g/mol. The van der Waals surface area contributed by atoms with Gasteiger partial charge in [0, 0.05) is 15.6 Å². The van der Waals surface area contributed by atoms with E-state index in [1.54, 1.807) is 7.11 Å². The topological polar surface area (TPSA) is 39.0 Å². The maximum Gasteiger partial charge on any atom is 0.158 e. The minimum atomic E-state index is 0.822. The van der Waals surface area contributed by atoms with Crippen LogP contribution in [-0.2, 0) is 13.1 Å². The van der Waals surface area contributed by atoms with E-state index in [1.165, 1.54) is 5.56 Å². The fraction of sp³-hybridized carbons (Fsp3) is 0.158. The first-order chi connectivity index (χ1) is 11.2. The van der Waals surface area contributed by atoms with Crippen molar-refractivity contribution in [2.45, 2.75) is 13.1 Å². The number of nitrogens with two attached hydrogens (primary N) is 1. The van der Waals surface area contributed by atoms with Gasteiger partial charge in [0.25, 0.3) is 0 Å². The molecule has 0 bridgehead atoms. The van der Waals surface area contributed by atoms with Gasteiger partial charge in [-0.3, -0.25) is 0 Å². The minimum absolute atomic E-state index is 0.822. The molecule has 23 heavy (non-hydrogen) atoms. The molecule has 0 unspecified atom stereocenters. The summed E-state index contributed by atoms with van der Waals surface area (Å²) in [5.74, 6) is 2.78. The lowest BCUT2D eigenvalue weighted by atomic mass is 10.2. The zero-order valence-corrected chi connectivity index (χ0v) is 14.5. The number of ether oxygens (including phenoxy) is 1. The molecule has 0 aliphatic carbocycles. The summed E-state index contributed by atoms with van der Waals surface area (Å²) in [6.45, 7) is 1.74. The Hall–Kier alpha value is -2.04. The predicted octanol–water partition coefficient (Wildman–Crippen LogP) is 3.98. The number of hydrogen-bond acceptors (Lipinski definition) is 2. The third kappa shape index (κ3) is 4.24.